The molecule has 0 saturated heterocycles. The molecule has 3 nitrogen and oxygen atoms in total. The third-order valence-electron chi connectivity index (χ3n) is 2.84. The number of nitrogens with two attached hydrogens (primary N) is 1. The summed E-state index contributed by atoms with van der Waals surface area (Å²) in [6.07, 6.45) is 0.209. The molecule has 2 aromatic rings. The van der Waals surface area contributed by atoms with Crippen LogP contribution in [0.3, 0.4) is 0 Å². The normalized spacial score (nSPS) is 12.1. The van der Waals surface area contributed by atoms with Crippen LogP contribution in [0.5, 0.6) is 0 Å². The van der Waals surface area contributed by atoms with Gasteiger partial charge in [-0.1, -0.05) is 30.3 Å². The highest BCUT2D eigenvalue weighted by molar-refractivity contribution is 5.42. The third kappa shape index (κ3) is 3.50. The fraction of sp³-hybridized carbons (Fsp3) is 0.200. The quantitative estimate of drug-likeness (QED) is 0.707. The Kier molecular flexibility index (Phi) is 4.20. The van der Waals surface area contributed by atoms with E-state index in [-0.39, 0.29) is 0 Å². The second-order valence-corrected chi connectivity index (χ2v) is 4.26. The molecule has 0 amide bonds. The summed E-state index contributed by atoms with van der Waals surface area (Å²) < 4.78 is 0. The van der Waals surface area contributed by atoms with Crippen molar-refractivity contribution in [3.8, 4) is 0 Å². The Bertz CT molecular complexity index is 468. The first-order valence-electron chi connectivity index (χ1n) is 6.08. The van der Waals surface area contributed by atoms with Gasteiger partial charge in [-0.3, -0.25) is 0 Å². The summed E-state index contributed by atoms with van der Waals surface area (Å²) in [7, 11) is 0. The zero-order valence-electron chi connectivity index (χ0n) is 10.2. The number of hydrogen-bond acceptors (Lipinski definition) is 3. The maximum atomic E-state index is 10.0. The number of para-hydroxylation sites is 1. The highest BCUT2D eigenvalue weighted by atomic mass is 16.3. The molecule has 1 atom stereocenters. The van der Waals surface area contributed by atoms with Crippen molar-refractivity contribution >= 4 is 11.4 Å². The largest absolute Gasteiger partial charge is 0.399 e. The molecule has 0 aliphatic rings. The Morgan fingerprint density at radius 1 is 1.00 bits per heavy atom. The molecule has 0 aliphatic carbocycles. The van der Waals surface area contributed by atoms with Crippen LogP contribution in [-0.4, -0.2) is 11.7 Å². The average Bonchev–Trinajstić information content (AvgIpc) is 2.40. The molecule has 0 spiro atoms. The van der Waals surface area contributed by atoms with Crippen LogP contribution in [0.15, 0.2) is 54.6 Å². The lowest BCUT2D eigenvalue weighted by Gasteiger charge is -2.12. The van der Waals surface area contributed by atoms with Gasteiger partial charge < -0.3 is 16.2 Å². The second-order valence-electron chi connectivity index (χ2n) is 4.26. The topological polar surface area (TPSA) is 58.3 Å². The molecule has 0 bridgehead atoms. The van der Waals surface area contributed by atoms with Gasteiger partial charge in [-0.25, -0.2) is 0 Å². The van der Waals surface area contributed by atoms with E-state index in [2.05, 4.69) is 5.32 Å². The molecule has 0 heterocycles. The first kappa shape index (κ1) is 12.5. The molecular formula is C15H18N2O. The van der Waals surface area contributed by atoms with E-state index in [0.717, 1.165) is 17.8 Å². The maximum Gasteiger partial charge on any atom is 0.0806 e. The van der Waals surface area contributed by atoms with Crippen LogP contribution in [-0.2, 0) is 0 Å². The smallest absolute Gasteiger partial charge is 0.0806 e. The molecule has 2 rings (SSSR count). The molecule has 4 N–H and O–H groups in total. The minimum absolute atomic E-state index is 0.457. The SMILES string of the molecule is Nc1ccc(C(O)CCNc2ccccc2)cc1. The summed E-state index contributed by atoms with van der Waals surface area (Å²) in [6.45, 7) is 0.732. The molecule has 0 radical (unpaired) electrons. The number of benzene rings is 2. The molecule has 0 aromatic heterocycles. The Morgan fingerprint density at radius 3 is 2.33 bits per heavy atom. The first-order chi connectivity index (χ1) is 8.75. The van der Waals surface area contributed by atoms with E-state index in [1.54, 1.807) is 0 Å². The summed E-state index contributed by atoms with van der Waals surface area (Å²) in [4.78, 5) is 0. The van der Waals surface area contributed by atoms with E-state index in [1.165, 1.54) is 0 Å². The molecule has 94 valence electrons. The predicted molar refractivity (Wildman–Crippen MR) is 75.4 cm³/mol. The second kappa shape index (κ2) is 6.07. The number of aliphatic hydroxyl groups excluding tert-OH is 1. The van der Waals surface area contributed by atoms with E-state index >= 15 is 0 Å². The van der Waals surface area contributed by atoms with Gasteiger partial charge >= 0.3 is 0 Å². The van der Waals surface area contributed by atoms with Crippen molar-refractivity contribution in [3.63, 3.8) is 0 Å². The summed E-state index contributed by atoms with van der Waals surface area (Å²) in [5, 5.41) is 13.3. The van der Waals surface area contributed by atoms with Crippen LogP contribution in [0, 0.1) is 0 Å². The fourth-order valence-corrected chi connectivity index (χ4v) is 1.79. The van der Waals surface area contributed by atoms with E-state index in [9.17, 15) is 5.11 Å². The van der Waals surface area contributed by atoms with Crippen molar-refractivity contribution < 1.29 is 5.11 Å². The van der Waals surface area contributed by atoms with Gasteiger partial charge in [0.2, 0.25) is 0 Å². The van der Waals surface area contributed by atoms with Gasteiger partial charge in [0.25, 0.3) is 0 Å². The minimum atomic E-state index is -0.457. The Hall–Kier alpha value is -2.00. The van der Waals surface area contributed by atoms with Crippen molar-refractivity contribution in [2.45, 2.75) is 12.5 Å². The number of nitrogen functional groups attached to an aromatic ring is 1. The average molecular weight is 242 g/mol. The van der Waals surface area contributed by atoms with Gasteiger partial charge in [0.05, 0.1) is 6.10 Å². The number of anilines is 2. The number of aliphatic hydroxyl groups is 1. The highest BCUT2D eigenvalue weighted by Gasteiger charge is 2.06. The lowest BCUT2D eigenvalue weighted by atomic mass is 10.1. The van der Waals surface area contributed by atoms with Gasteiger partial charge in [-0.15, -0.1) is 0 Å². The molecular weight excluding hydrogens is 224 g/mol. The monoisotopic (exact) mass is 242 g/mol. The minimum Gasteiger partial charge on any atom is -0.399 e. The summed E-state index contributed by atoms with van der Waals surface area (Å²) in [5.74, 6) is 0. The molecule has 0 fully saturated rings. The summed E-state index contributed by atoms with van der Waals surface area (Å²) in [6, 6.07) is 17.3. The molecule has 0 saturated carbocycles. The predicted octanol–water partition coefficient (Wildman–Crippen LogP) is 2.80. The Balaban J connectivity index is 1.81. The van der Waals surface area contributed by atoms with Crippen LogP contribution in [0.2, 0.25) is 0 Å². The Morgan fingerprint density at radius 2 is 1.67 bits per heavy atom. The van der Waals surface area contributed by atoms with Crippen molar-refractivity contribution in [2.24, 2.45) is 0 Å². The molecule has 18 heavy (non-hydrogen) atoms. The Labute approximate surface area is 107 Å². The zero-order chi connectivity index (χ0) is 12.8. The third-order valence-corrected chi connectivity index (χ3v) is 2.84. The van der Waals surface area contributed by atoms with Gasteiger partial charge in [-0.2, -0.15) is 0 Å². The van der Waals surface area contributed by atoms with Gasteiger partial charge in [0.1, 0.15) is 0 Å². The van der Waals surface area contributed by atoms with E-state index in [4.69, 9.17) is 5.73 Å². The summed E-state index contributed by atoms with van der Waals surface area (Å²) >= 11 is 0. The molecule has 0 aliphatic heterocycles. The van der Waals surface area contributed by atoms with Crippen LogP contribution in [0.25, 0.3) is 0 Å². The molecule has 3 heteroatoms. The number of hydrogen-bond donors (Lipinski definition) is 3. The molecule has 1 unspecified atom stereocenters. The van der Waals surface area contributed by atoms with Crippen LogP contribution >= 0.6 is 0 Å². The zero-order valence-corrected chi connectivity index (χ0v) is 10.2. The van der Waals surface area contributed by atoms with Crippen molar-refractivity contribution in [3.05, 3.63) is 60.2 Å². The van der Waals surface area contributed by atoms with Crippen LogP contribution in [0.1, 0.15) is 18.1 Å². The number of rotatable bonds is 5. The van der Waals surface area contributed by atoms with Crippen molar-refractivity contribution in [2.75, 3.05) is 17.6 Å². The lowest BCUT2D eigenvalue weighted by Crippen LogP contribution is -2.07. The van der Waals surface area contributed by atoms with E-state index in [1.807, 2.05) is 54.6 Å². The van der Waals surface area contributed by atoms with E-state index in [0.29, 0.717) is 12.1 Å². The van der Waals surface area contributed by atoms with Crippen LogP contribution < -0.4 is 11.1 Å². The molecule has 2 aromatic carbocycles. The standard InChI is InChI=1S/C15H18N2O/c16-13-8-6-12(7-9-13)15(18)10-11-17-14-4-2-1-3-5-14/h1-9,15,17-18H,10-11,16H2. The maximum absolute atomic E-state index is 10.0. The first-order valence-corrected chi connectivity index (χ1v) is 6.08. The van der Waals surface area contributed by atoms with E-state index < -0.39 is 6.10 Å². The van der Waals surface area contributed by atoms with Gasteiger partial charge in [-0.05, 0) is 36.2 Å². The van der Waals surface area contributed by atoms with Crippen LogP contribution in [0.4, 0.5) is 11.4 Å². The van der Waals surface area contributed by atoms with Gasteiger partial charge in [0, 0.05) is 17.9 Å². The lowest BCUT2D eigenvalue weighted by molar-refractivity contribution is 0.171. The van der Waals surface area contributed by atoms with Gasteiger partial charge in [0.15, 0.2) is 0 Å². The fourth-order valence-electron chi connectivity index (χ4n) is 1.79. The number of nitrogens with one attached hydrogen (secondary N) is 1. The highest BCUT2D eigenvalue weighted by Crippen LogP contribution is 2.18. The van der Waals surface area contributed by atoms with Crippen molar-refractivity contribution in [1.29, 1.82) is 0 Å². The van der Waals surface area contributed by atoms with Crippen molar-refractivity contribution in [1.82, 2.24) is 0 Å². The summed E-state index contributed by atoms with van der Waals surface area (Å²) in [5.41, 5.74) is 8.30.